The van der Waals surface area contributed by atoms with Crippen molar-refractivity contribution in [3.63, 3.8) is 0 Å². The highest BCUT2D eigenvalue weighted by Crippen LogP contribution is 2.23. The van der Waals surface area contributed by atoms with Gasteiger partial charge in [0.1, 0.15) is 0 Å². The van der Waals surface area contributed by atoms with Gasteiger partial charge >= 0.3 is 5.97 Å². The number of esters is 1. The van der Waals surface area contributed by atoms with E-state index in [2.05, 4.69) is 10.1 Å². The summed E-state index contributed by atoms with van der Waals surface area (Å²) in [4.78, 5) is 17.7. The van der Waals surface area contributed by atoms with Crippen LogP contribution in [-0.4, -0.2) is 20.7 Å². The lowest BCUT2D eigenvalue weighted by Gasteiger charge is -2.09. The molecule has 0 spiro atoms. The molecule has 4 rings (SSSR count). The first kappa shape index (κ1) is 17.2. The number of aromatic nitrogens is 3. The quantitative estimate of drug-likeness (QED) is 0.475. The predicted molar refractivity (Wildman–Crippen MR) is 102 cm³/mol. The van der Waals surface area contributed by atoms with E-state index < -0.39 is 5.97 Å². The van der Waals surface area contributed by atoms with E-state index in [1.807, 2.05) is 72.3 Å². The molecule has 0 saturated carbocycles. The Morgan fingerprint density at radius 2 is 2.00 bits per heavy atom. The molecule has 4 aromatic rings. The first-order valence-electron chi connectivity index (χ1n) is 8.41. The van der Waals surface area contributed by atoms with E-state index in [4.69, 9.17) is 9.26 Å². The van der Waals surface area contributed by atoms with Crippen molar-refractivity contribution in [2.45, 2.75) is 20.5 Å². The highest BCUT2D eigenvalue weighted by atomic mass is 32.1. The smallest absolute Gasteiger partial charge is 0.340 e. The van der Waals surface area contributed by atoms with E-state index in [9.17, 15) is 4.79 Å². The van der Waals surface area contributed by atoms with E-state index in [-0.39, 0.29) is 12.5 Å². The van der Waals surface area contributed by atoms with Gasteiger partial charge in [-0.05, 0) is 43.5 Å². The first-order chi connectivity index (χ1) is 13.1. The molecule has 27 heavy (non-hydrogen) atoms. The van der Waals surface area contributed by atoms with Crippen molar-refractivity contribution in [1.82, 2.24) is 14.7 Å². The minimum Gasteiger partial charge on any atom is -0.452 e. The molecule has 0 N–H and O–H groups in total. The minimum absolute atomic E-state index is 0.0633. The van der Waals surface area contributed by atoms with Crippen LogP contribution in [0.5, 0.6) is 0 Å². The summed E-state index contributed by atoms with van der Waals surface area (Å²) in [6, 6.07) is 15.5. The number of ether oxygens (including phenoxy) is 1. The summed E-state index contributed by atoms with van der Waals surface area (Å²) in [6.45, 7) is 3.80. The van der Waals surface area contributed by atoms with Crippen molar-refractivity contribution in [2.75, 3.05) is 0 Å². The Hall–Kier alpha value is -3.19. The van der Waals surface area contributed by atoms with Crippen LogP contribution in [0.2, 0.25) is 0 Å². The number of para-hydroxylation sites is 1. The molecule has 0 atom stereocenters. The Morgan fingerprint density at radius 1 is 1.19 bits per heavy atom. The highest BCUT2D eigenvalue weighted by molar-refractivity contribution is 7.13. The third-order valence-corrected chi connectivity index (χ3v) is 5.07. The fourth-order valence-corrected chi connectivity index (χ4v) is 3.62. The van der Waals surface area contributed by atoms with Crippen LogP contribution >= 0.6 is 11.3 Å². The number of nitrogens with zero attached hydrogens (tertiary/aromatic N) is 3. The topological polar surface area (TPSA) is 70.2 Å². The molecule has 136 valence electrons. The maximum absolute atomic E-state index is 12.5. The molecule has 6 nitrogen and oxygen atoms in total. The molecule has 0 radical (unpaired) electrons. The monoisotopic (exact) mass is 379 g/mol. The Kier molecular flexibility index (Phi) is 4.60. The molecule has 0 amide bonds. The average molecular weight is 379 g/mol. The molecule has 0 fully saturated rings. The van der Waals surface area contributed by atoms with Gasteiger partial charge in [-0.25, -0.2) is 4.79 Å². The van der Waals surface area contributed by atoms with Crippen molar-refractivity contribution in [1.29, 1.82) is 0 Å². The number of rotatable bonds is 5. The second-order valence-corrected chi connectivity index (χ2v) is 6.97. The average Bonchev–Trinajstić information content (AvgIpc) is 3.41. The summed E-state index contributed by atoms with van der Waals surface area (Å²) in [5.41, 5.74) is 3.32. The molecule has 0 unspecified atom stereocenters. The van der Waals surface area contributed by atoms with E-state index >= 15 is 0 Å². The maximum Gasteiger partial charge on any atom is 0.340 e. The molecular weight excluding hydrogens is 362 g/mol. The van der Waals surface area contributed by atoms with Crippen LogP contribution in [-0.2, 0) is 11.3 Å². The summed E-state index contributed by atoms with van der Waals surface area (Å²) in [5, 5.41) is 5.85. The lowest BCUT2D eigenvalue weighted by Crippen LogP contribution is -2.07. The summed E-state index contributed by atoms with van der Waals surface area (Å²) in [6.07, 6.45) is 0. The zero-order valence-electron chi connectivity index (χ0n) is 14.9. The first-order valence-corrected chi connectivity index (χ1v) is 9.29. The highest BCUT2D eigenvalue weighted by Gasteiger charge is 2.19. The normalized spacial score (nSPS) is 10.9. The second-order valence-electron chi connectivity index (χ2n) is 6.02. The third-order valence-electron chi connectivity index (χ3n) is 4.20. The Labute approximate surface area is 160 Å². The van der Waals surface area contributed by atoms with Gasteiger partial charge in [0.25, 0.3) is 5.89 Å². The van der Waals surface area contributed by atoms with Crippen molar-refractivity contribution < 1.29 is 14.1 Å². The molecule has 0 aliphatic rings. The van der Waals surface area contributed by atoms with Crippen molar-refractivity contribution in [2.24, 2.45) is 0 Å². The van der Waals surface area contributed by atoms with Gasteiger partial charge in [-0.3, -0.25) is 0 Å². The number of carbonyl (C=O) groups excluding carboxylic acids is 1. The fraction of sp³-hybridized carbons (Fsp3) is 0.150. The summed E-state index contributed by atoms with van der Waals surface area (Å²) >= 11 is 1.52. The van der Waals surface area contributed by atoms with Crippen LogP contribution in [0.25, 0.3) is 16.4 Å². The molecular formula is C20H17N3O3S. The number of aryl methyl sites for hydroxylation is 1. The fourth-order valence-electron chi connectivity index (χ4n) is 2.97. The van der Waals surface area contributed by atoms with Gasteiger partial charge < -0.3 is 13.8 Å². The maximum atomic E-state index is 12.5. The Balaban J connectivity index is 1.49. The van der Waals surface area contributed by atoms with Crippen molar-refractivity contribution in [3.05, 3.63) is 76.8 Å². The van der Waals surface area contributed by atoms with Gasteiger partial charge in [-0.15, -0.1) is 11.3 Å². The Morgan fingerprint density at radius 3 is 2.74 bits per heavy atom. The molecule has 0 aliphatic heterocycles. The number of benzene rings is 1. The van der Waals surface area contributed by atoms with Gasteiger partial charge in [0, 0.05) is 17.1 Å². The zero-order valence-corrected chi connectivity index (χ0v) is 15.7. The van der Waals surface area contributed by atoms with E-state index in [1.54, 1.807) is 0 Å². The lowest BCUT2D eigenvalue weighted by molar-refractivity contribution is 0.0429. The number of hydrogen-bond donors (Lipinski definition) is 0. The summed E-state index contributed by atoms with van der Waals surface area (Å²) in [5.74, 6) is 0.350. The van der Waals surface area contributed by atoms with Crippen LogP contribution in [0, 0.1) is 13.8 Å². The van der Waals surface area contributed by atoms with E-state index in [1.165, 1.54) is 11.3 Å². The van der Waals surface area contributed by atoms with Crippen LogP contribution in [0.15, 0.2) is 58.4 Å². The SMILES string of the molecule is Cc1cc(C(=O)OCc2nc(-c3cccs3)no2)c(C)n1-c1ccccc1. The van der Waals surface area contributed by atoms with Gasteiger partial charge in [-0.1, -0.05) is 29.4 Å². The lowest BCUT2D eigenvalue weighted by atomic mass is 10.2. The molecule has 0 aliphatic carbocycles. The van der Waals surface area contributed by atoms with Crippen molar-refractivity contribution in [3.8, 4) is 16.4 Å². The van der Waals surface area contributed by atoms with Crippen LogP contribution < -0.4 is 0 Å². The standard InChI is InChI=1S/C20H17N3O3S/c1-13-11-16(14(2)23(13)15-7-4-3-5-8-15)20(24)25-12-18-21-19(22-26-18)17-9-6-10-27-17/h3-11H,12H2,1-2H3. The van der Waals surface area contributed by atoms with Crippen LogP contribution in [0.4, 0.5) is 0 Å². The minimum atomic E-state index is -0.416. The molecule has 1 aromatic carbocycles. The van der Waals surface area contributed by atoms with E-state index in [0.29, 0.717) is 11.4 Å². The number of carbonyl (C=O) groups is 1. The molecule has 3 aromatic heterocycles. The number of thiophene rings is 1. The predicted octanol–water partition coefficient (Wildman–Crippen LogP) is 4.56. The van der Waals surface area contributed by atoms with Crippen LogP contribution in [0.3, 0.4) is 0 Å². The molecule has 3 heterocycles. The van der Waals surface area contributed by atoms with Gasteiger partial charge in [0.2, 0.25) is 5.82 Å². The molecule has 0 bridgehead atoms. The van der Waals surface area contributed by atoms with Crippen LogP contribution in [0.1, 0.15) is 27.6 Å². The van der Waals surface area contributed by atoms with Gasteiger partial charge in [0.15, 0.2) is 6.61 Å². The second kappa shape index (κ2) is 7.20. The largest absolute Gasteiger partial charge is 0.452 e. The van der Waals surface area contributed by atoms with Gasteiger partial charge in [-0.2, -0.15) is 4.98 Å². The zero-order chi connectivity index (χ0) is 18.8. The number of hydrogen-bond acceptors (Lipinski definition) is 6. The molecule has 7 heteroatoms. The molecule has 0 saturated heterocycles. The third kappa shape index (κ3) is 3.41. The van der Waals surface area contributed by atoms with Gasteiger partial charge in [0.05, 0.1) is 10.4 Å². The van der Waals surface area contributed by atoms with E-state index in [0.717, 1.165) is 22.0 Å². The Bertz CT molecular complexity index is 1070. The summed E-state index contributed by atoms with van der Waals surface area (Å²) in [7, 11) is 0. The summed E-state index contributed by atoms with van der Waals surface area (Å²) < 4.78 is 12.6. The van der Waals surface area contributed by atoms with Crippen molar-refractivity contribution >= 4 is 17.3 Å².